The first kappa shape index (κ1) is 47.1. The molecule has 86 heavy (non-hydrogen) atoms. The van der Waals surface area contributed by atoms with Gasteiger partial charge in [0, 0.05) is 62.5 Å². The van der Waals surface area contributed by atoms with Crippen molar-refractivity contribution in [2.24, 2.45) is 0 Å². The average Bonchev–Trinajstić information content (AvgIpc) is 1.40. The molecule has 0 spiro atoms. The van der Waals surface area contributed by atoms with Gasteiger partial charge < -0.3 is 9.13 Å². The second-order valence-corrected chi connectivity index (χ2v) is 23.2. The Hall–Kier alpha value is -11.5. The summed E-state index contributed by atoms with van der Waals surface area (Å²) in [6.07, 6.45) is 5.81. The highest BCUT2D eigenvalue weighted by Crippen LogP contribution is 2.49. The predicted molar refractivity (Wildman–Crippen MR) is 363 cm³/mol. The molecule has 19 rings (SSSR count). The van der Waals surface area contributed by atoms with Gasteiger partial charge in [0.25, 0.3) is 0 Å². The summed E-state index contributed by atoms with van der Waals surface area (Å²) in [6.45, 7) is 0. The van der Waals surface area contributed by atoms with E-state index in [1.807, 2.05) is 18.6 Å². The van der Waals surface area contributed by atoms with Gasteiger partial charge >= 0.3 is 0 Å². The summed E-state index contributed by atoms with van der Waals surface area (Å²) in [4.78, 5) is 9.24. The van der Waals surface area contributed by atoms with Gasteiger partial charge in [0.1, 0.15) is 0 Å². The van der Waals surface area contributed by atoms with Crippen molar-refractivity contribution in [3.63, 3.8) is 0 Å². The molecule has 0 N–H and O–H groups in total. The Labute approximate surface area is 494 Å². The molecule has 0 aliphatic rings. The van der Waals surface area contributed by atoms with Crippen LogP contribution in [-0.2, 0) is 0 Å². The maximum Gasteiger partial charge on any atom is 0.0702 e. The van der Waals surface area contributed by atoms with Crippen LogP contribution in [0.2, 0.25) is 0 Å². The predicted octanol–water partition coefficient (Wildman–Crippen LogP) is 22.0. The minimum Gasteiger partial charge on any atom is -0.309 e. The number of rotatable bonds is 7. The van der Waals surface area contributed by atoms with E-state index >= 15 is 0 Å². The Morgan fingerprint density at radius 2 is 0.733 bits per heavy atom. The minimum atomic E-state index is 1.01. The number of hydrogen-bond donors (Lipinski definition) is 0. The molecule has 0 radical (unpaired) electrons. The Morgan fingerprint density at radius 1 is 0.244 bits per heavy atom. The fraction of sp³-hybridized carbons (Fsp3) is 0. The van der Waals surface area contributed by atoms with Crippen LogP contribution >= 0.6 is 0 Å². The first-order valence-corrected chi connectivity index (χ1v) is 29.6. The van der Waals surface area contributed by atoms with Crippen molar-refractivity contribution < 1.29 is 0 Å². The Bertz CT molecular complexity index is 5950. The molecule has 4 aromatic heterocycles. The van der Waals surface area contributed by atoms with E-state index in [0.717, 1.165) is 50.0 Å². The van der Waals surface area contributed by atoms with Crippen molar-refractivity contribution in [3.8, 4) is 67.0 Å². The topological polar surface area (TPSA) is 35.6 Å². The van der Waals surface area contributed by atoms with Crippen molar-refractivity contribution in [1.29, 1.82) is 0 Å². The van der Waals surface area contributed by atoms with Gasteiger partial charge in [0.2, 0.25) is 0 Å². The summed E-state index contributed by atoms with van der Waals surface area (Å²) in [5.41, 5.74) is 19.8. The fourth-order valence-corrected chi connectivity index (χ4v) is 14.9. The zero-order valence-electron chi connectivity index (χ0n) is 46.5. The standard InChI is InChI=1S/C82H48N4/c1-5-16-73-55(10-1)44-58(48-84-73)63-34-24-52-25-36-68-61(32-22-51-26-37-70(63)80(52)79(51)68)49-20-30-59(31-21-49)85-74-17-6-4-15-66(74)67-35-28-54(47-77(67)85)72-46-57-29-38-69-62(50-40-42-83-43-41-50)33-23-53-27-39-71(82(57)81(53)69)78(72)56-11-9-12-60(45-56)86-75-18-7-2-13-64(75)65-14-3-8-19-76(65)86/h1-48H. The average molecular weight is 1090 g/mol. The third kappa shape index (κ3) is 6.81. The number of benzene rings is 15. The van der Waals surface area contributed by atoms with Gasteiger partial charge in [0.15, 0.2) is 0 Å². The quantitative estimate of drug-likeness (QED) is 0.149. The lowest BCUT2D eigenvalue weighted by Crippen LogP contribution is -1.97. The second-order valence-electron chi connectivity index (χ2n) is 23.2. The van der Waals surface area contributed by atoms with Crippen LogP contribution in [0.5, 0.6) is 0 Å². The summed E-state index contributed by atoms with van der Waals surface area (Å²) in [5, 5.41) is 21.1. The van der Waals surface area contributed by atoms with Gasteiger partial charge in [-0.3, -0.25) is 9.97 Å². The number of aromatic nitrogens is 4. The highest BCUT2D eigenvalue weighted by molar-refractivity contribution is 6.30. The van der Waals surface area contributed by atoms with Crippen LogP contribution in [0, 0.1) is 0 Å². The summed E-state index contributed by atoms with van der Waals surface area (Å²) < 4.78 is 4.91. The number of hydrogen-bond acceptors (Lipinski definition) is 2. The monoisotopic (exact) mass is 1090 g/mol. The fourth-order valence-electron chi connectivity index (χ4n) is 14.9. The molecule has 0 atom stereocenters. The lowest BCUT2D eigenvalue weighted by Gasteiger charge is -2.21. The largest absolute Gasteiger partial charge is 0.309 e. The highest BCUT2D eigenvalue weighted by atomic mass is 15.0. The lowest BCUT2D eigenvalue weighted by molar-refractivity contribution is 1.18. The molecule has 0 fully saturated rings. The van der Waals surface area contributed by atoms with E-state index in [0.29, 0.717) is 0 Å². The molecule has 0 saturated heterocycles. The third-order valence-electron chi connectivity index (χ3n) is 18.7. The summed E-state index contributed by atoms with van der Waals surface area (Å²) in [5.74, 6) is 0. The first-order valence-electron chi connectivity index (χ1n) is 29.6. The summed E-state index contributed by atoms with van der Waals surface area (Å²) in [7, 11) is 0. The molecule has 4 nitrogen and oxygen atoms in total. The molecule has 0 amide bonds. The smallest absolute Gasteiger partial charge is 0.0702 e. The van der Waals surface area contributed by atoms with E-state index in [1.165, 1.54) is 136 Å². The molecule has 0 saturated carbocycles. The SMILES string of the molecule is c1cc(-c2c(-c3ccc4c5ccccc5n(-c5ccc(-c6ccc7ccc8c(-c9cnc%10ccccc%10c9)ccc9ccc6c7c98)cc5)c4c3)cc3ccc4c(-c5ccncc5)ccc5ccc2c3c54)cc(-n2c3ccccc3c3ccccc32)c1. The van der Waals surface area contributed by atoms with Crippen molar-refractivity contribution in [2.75, 3.05) is 0 Å². The molecule has 4 heteroatoms. The van der Waals surface area contributed by atoms with Crippen LogP contribution in [0.1, 0.15) is 0 Å². The molecule has 0 bridgehead atoms. The number of nitrogens with zero attached hydrogens (tertiary/aromatic N) is 4. The van der Waals surface area contributed by atoms with Gasteiger partial charge in [-0.15, -0.1) is 0 Å². The molecule has 4 heterocycles. The maximum atomic E-state index is 4.87. The normalized spacial score (nSPS) is 12.2. The zero-order chi connectivity index (χ0) is 56.1. The van der Waals surface area contributed by atoms with Crippen LogP contribution in [0.3, 0.4) is 0 Å². The van der Waals surface area contributed by atoms with Crippen LogP contribution in [0.4, 0.5) is 0 Å². The van der Waals surface area contributed by atoms with Gasteiger partial charge in [-0.05, 0) is 194 Å². The Morgan fingerprint density at radius 3 is 1.37 bits per heavy atom. The molecule has 19 aromatic rings. The molecular formula is C82H48N4. The van der Waals surface area contributed by atoms with Crippen molar-refractivity contribution in [1.82, 2.24) is 19.1 Å². The van der Waals surface area contributed by atoms with Gasteiger partial charge in [0.05, 0.1) is 27.6 Å². The molecular weight excluding hydrogens is 1040 g/mol. The minimum absolute atomic E-state index is 1.01. The van der Waals surface area contributed by atoms with E-state index in [1.54, 1.807) is 0 Å². The van der Waals surface area contributed by atoms with Gasteiger partial charge in [-0.1, -0.05) is 194 Å². The van der Waals surface area contributed by atoms with Crippen molar-refractivity contribution in [2.45, 2.75) is 0 Å². The molecule has 15 aromatic carbocycles. The van der Waals surface area contributed by atoms with Crippen LogP contribution in [0.25, 0.3) is 186 Å². The summed E-state index contributed by atoms with van der Waals surface area (Å²) in [6, 6.07) is 102. The Balaban J connectivity index is 0.792. The van der Waals surface area contributed by atoms with Crippen molar-refractivity contribution >= 4 is 119 Å². The zero-order valence-corrected chi connectivity index (χ0v) is 46.5. The van der Waals surface area contributed by atoms with Crippen LogP contribution < -0.4 is 0 Å². The number of para-hydroxylation sites is 4. The van der Waals surface area contributed by atoms with E-state index in [2.05, 4.69) is 287 Å². The van der Waals surface area contributed by atoms with E-state index < -0.39 is 0 Å². The van der Waals surface area contributed by atoms with E-state index in [-0.39, 0.29) is 0 Å². The third-order valence-corrected chi connectivity index (χ3v) is 18.7. The van der Waals surface area contributed by atoms with Crippen molar-refractivity contribution in [3.05, 3.63) is 292 Å². The lowest BCUT2D eigenvalue weighted by atomic mass is 9.83. The number of fused-ring (bicyclic) bond motifs is 7. The van der Waals surface area contributed by atoms with Crippen LogP contribution in [-0.4, -0.2) is 19.1 Å². The molecule has 0 unspecified atom stereocenters. The van der Waals surface area contributed by atoms with E-state index in [4.69, 9.17) is 4.98 Å². The molecule has 0 aliphatic carbocycles. The molecule has 0 aliphatic heterocycles. The second kappa shape index (κ2) is 18.0. The first-order chi connectivity index (χ1) is 42.6. The van der Waals surface area contributed by atoms with Gasteiger partial charge in [-0.2, -0.15) is 0 Å². The maximum absolute atomic E-state index is 4.87. The van der Waals surface area contributed by atoms with Crippen LogP contribution in [0.15, 0.2) is 292 Å². The Kier molecular flexibility index (Phi) is 9.86. The van der Waals surface area contributed by atoms with E-state index in [9.17, 15) is 0 Å². The highest BCUT2D eigenvalue weighted by Gasteiger charge is 2.23. The van der Waals surface area contributed by atoms with Gasteiger partial charge in [-0.25, -0.2) is 0 Å². The molecule has 396 valence electrons. The number of pyridine rings is 2. The summed E-state index contributed by atoms with van der Waals surface area (Å²) >= 11 is 0.